The van der Waals surface area contributed by atoms with E-state index in [1.165, 1.54) is 11.1 Å². The molecule has 120 valence electrons. The number of carbonyl (C=O) groups is 1. The Bertz CT molecular complexity index is 720. The molecule has 2 aromatic carbocycles. The number of benzene rings is 2. The zero-order chi connectivity index (χ0) is 16.2. The van der Waals surface area contributed by atoms with Gasteiger partial charge in [0.15, 0.2) is 6.61 Å². The van der Waals surface area contributed by atoms with Crippen LogP contribution in [-0.2, 0) is 11.2 Å². The molecular formula is C18H17BrClNO2. The molecule has 0 spiro atoms. The molecule has 1 aliphatic carbocycles. The third-order valence-corrected chi connectivity index (χ3v) is 4.75. The Morgan fingerprint density at radius 1 is 1.30 bits per heavy atom. The lowest BCUT2D eigenvalue weighted by Crippen LogP contribution is -2.34. The summed E-state index contributed by atoms with van der Waals surface area (Å²) in [5.41, 5.74) is 2.54. The molecule has 2 aromatic rings. The van der Waals surface area contributed by atoms with Crippen LogP contribution in [0.5, 0.6) is 5.75 Å². The second-order valence-electron chi connectivity index (χ2n) is 5.57. The van der Waals surface area contributed by atoms with Crippen LogP contribution in [0.1, 0.15) is 30.0 Å². The molecule has 0 saturated heterocycles. The van der Waals surface area contributed by atoms with Gasteiger partial charge in [0, 0.05) is 4.47 Å². The molecule has 3 nitrogen and oxygen atoms in total. The summed E-state index contributed by atoms with van der Waals surface area (Å²) in [6, 6.07) is 13.7. The maximum Gasteiger partial charge on any atom is 0.258 e. The van der Waals surface area contributed by atoms with Crippen LogP contribution >= 0.6 is 27.5 Å². The summed E-state index contributed by atoms with van der Waals surface area (Å²) in [6.45, 7) is -0.0416. The number of halogens is 2. The summed E-state index contributed by atoms with van der Waals surface area (Å²) in [4.78, 5) is 12.2. The van der Waals surface area contributed by atoms with Gasteiger partial charge in [-0.25, -0.2) is 0 Å². The van der Waals surface area contributed by atoms with Gasteiger partial charge < -0.3 is 10.1 Å². The minimum absolute atomic E-state index is 0.0416. The van der Waals surface area contributed by atoms with Crippen molar-refractivity contribution >= 4 is 33.4 Å². The van der Waals surface area contributed by atoms with Gasteiger partial charge in [-0.05, 0) is 48.6 Å². The van der Waals surface area contributed by atoms with Crippen molar-refractivity contribution in [1.82, 2.24) is 5.32 Å². The minimum Gasteiger partial charge on any atom is -0.482 e. The number of carbonyl (C=O) groups excluding carboxylic acids is 1. The highest BCUT2D eigenvalue weighted by atomic mass is 79.9. The molecule has 3 rings (SSSR count). The summed E-state index contributed by atoms with van der Waals surface area (Å²) in [5.74, 6) is 0.375. The van der Waals surface area contributed by atoms with Gasteiger partial charge in [0.2, 0.25) is 0 Å². The zero-order valence-corrected chi connectivity index (χ0v) is 14.9. The standard InChI is InChI=1S/C18H17BrClNO2/c19-13-8-9-17(15(20)10-13)23-11-18(22)21-16-7-3-5-12-4-1-2-6-14(12)16/h1-2,4,6,8-10,16H,3,5,7,11H2,(H,21,22)/t16-/m1/s1. The molecule has 0 aliphatic heterocycles. The van der Waals surface area contributed by atoms with E-state index in [2.05, 4.69) is 33.4 Å². The predicted octanol–water partition coefficient (Wildman–Crippen LogP) is 4.68. The van der Waals surface area contributed by atoms with Gasteiger partial charge in [0.25, 0.3) is 5.91 Å². The third kappa shape index (κ3) is 4.06. The summed E-state index contributed by atoms with van der Waals surface area (Å²) < 4.78 is 6.39. The van der Waals surface area contributed by atoms with Gasteiger partial charge in [-0.1, -0.05) is 51.8 Å². The first-order valence-electron chi connectivity index (χ1n) is 7.58. The Morgan fingerprint density at radius 3 is 2.96 bits per heavy atom. The highest BCUT2D eigenvalue weighted by Gasteiger charge is 2.21. The van der Waals surface area contributed by atoms with Gasteiger partial charge in [-0.2, -0.15) is 0 Å². The average Bonchev–Trinajstić information content (AvgIpc) is 2.54. The molecule has 1 atom stereocenters. The summed E-state index contributed by atoms with van der Waals surface area (Å²) in [7, 11) is 0. The van der Waals surface area contributed by atoms with Gasteiger partial charge >= 0.3 is 0 Å². The molecular weight excluding hydrogens is 378 g/mol. The molecule has 23 heavy (non-hydrogen) atoms. The third-order valence-electron chi connectivity index (χ3n) is 3.96. The van der Waals surface area contributed by atoms with E-state index in [9.17, 15) is 4.79 Å². The van der Waals surface area contributed by atoms with E-state index in [1.54, 1.807) is 12.1 Å². The Kier molecular flexibility index (Phi) is 5.23. The number of hydrogen-bond donors (Lipinski definition) is 1. The van der Waals surface area contributed by atoms with E-state index in [-0.39, 0.29) is 18.6 Å². The van der Waals surface area contributed by atoms with E-state index in [0.717, 1.165) is 23.7 Å². The molecule has 0 bridgehead atoms. The maximum atomic E-state index is 12.2. The van der Waals surface area contributed by atoms with E-state index >= 15 is 0 Å². The van der Waals surface area contributed by atoms with Crippen LogP contribution < -0.4 is 10.1 Å². The summed E-state index contributed by atoms with van der Waals surface area (Å²) in [5, 5.41) is 3.54. The monoisotopic (exact) mass is 393 g/mol. The highest BCUT2D eigenvalue weighted by Crippen LogP contribution is 2.30. The van der Waals surface area contributed by atoms with Crippen LogP contribution in [0.25, 0.3) is 0 Å². The van der Waals surface area contributed by atoms with Crippen molar-refractivity contribution in [3.05, 3.63) is 63.1 Å². The fourth-order valence-electron chi connectivity index (χ4n) is 2.88. The van der Waals surface area contributed by atoms with Crippen LogP contribution in [0.2, 0.25) is 5.02 Å². The minimum atomic E-state index is -0.134. The zero-order valence-electron chi connectivity index (χ0n) is 12.5. The van der Waals surface area contributed by atoms with E-state index in [0.29, 0.717) is 10.8 Å². The Labute approximate surface area is 149 Å². The van der Waals surface area contributed by atoms with Crippen molar-refractivity contribution in [2.75, 3.05) is 6.61 Å². The van der Waals surface area contributed by atoms with Crippen molar-refractivity contribution < 1.29 is 9.53 Å². The lowest BCUT2D eigenvalue weighted by molar-refractivity contribution is -0.123. The number of rotatable bonds is 4. The van der Waals surface area contributed by atoms with Crippen molar-refractivity contribution in [2.24, 2.45) is 0 Å². The molecule has 0 heterocycles. The van der Waals surface area contributed by atoms with Gasteiger partial charge in [-0.3, -0.25) is 4.79 Å². The molecule has 5 heteroatoms. The topological polar surface area (TPSA) is 38.3 Å². The van der Waals surface area contributed by atoms with Crippen molar-refractivity contribution in [3.8, 4) is 5.75 Å². The summed E-state index contributed by atoms with van der Waals surface area (Å²) in [6.07, 6.45) is 3.12. The van der Waals surface area contributed by atoms with Crippen LogP contribution in [0, 0.1) is 0 Å². The molecule has 0 unspecified atom stereocenters. The highest BCUT2D eigenvalue weighted by molar-refractivity contribution is 9.10. The fourth-order valence-corrected chi connectivity index (χ4v) is 3.60. The molecule has 1 amide bonds. The van der Waals surface area contributed by atoms with Gasteiger partial charge in [0.05, 0.1) is 11.1 Å². The van der Waals surface area contributed by atoms with Crippen LogP contribution in [-0.4, -0.2) is 12.5 Å². The first-order valence-corrected chi connectivity index (χ1v) is 8.75. The predicted molar refractivity (Wildman–Crippen MR) is 94.9 cm³/mol. The lowest BCUT2D eigenvalue weighted by Gasteiger charge is -2.26. The molecule has 0 aromatic heterocycles. The normalized spacial score (nSPS) is 16.5. The van der Waals surface area contributed by atoms with E-state index in [4.69, 9.17) is 16.3 Å². The molecule has 1 N–H and O–H groups in total. The summed E-state index contributed by atoms with van der Waals surface area (Å²) >= 11 is 9.42. The number of amides is 1. The van der Waals surface area contributed by atoms with Crippen LogP contribution in [0.15, 0.2) is 46.9 Å². The van der Waals surface area contributed by atoms with Crippen LogP contribution in [0.4, 0.5) is 0 Å². The Hall–Kier alpha value is -1.52. The van der Waals surface area contributed by atoms with E-state index in [1.807, 2.05) is 18.2 Å². The first-order chi connectivity index (χ1) is 11.1. The lowest BCUT2D eigenvalue weighted by atomic mass is 9.88. The molecule has 0 radical (unpaired) electrons. The Balaban J connectivity index is 1.60. The number of ether oxygens (including phenoxy) is 1. The molecule has 0 saturated carbocycles. The number of aryl methyl sites for hydroxylation is 1. The van der Waals surface area contributed by atoms with Gasteiger partial charge in [0.1, 0.15) is 5.75 Å². The van der Waals surface area contributed by atoms with E-state index < -0.39 is 0 Å². The van der Waals surface area contributed by atoms with Gasteiger partial charge in [-0.15, -0.1) is 0 Å². The number of hydrogen-bond acceptors (Lipinski definition) is 2. The first kappa shape index (κ1) is 16.3. The SMILES string of the molecule is O=C(COc1ccc(Br)cc1Cl)N[C@@H]1CCCc2ccccc21. The Morgan fingerprint density at radius 2 is 2.13 bits per heavy atom. The second-order valence-corrected chi connectivity index (χ2v) is 6.90. The largest absolute Gasteiger partial charge is 0.482 e. The van der Waals surface area contributed by atoms with Crippen molar-refractivity contribution in [3.63, 3.8) is 0 Å². The fraction of sp³-hybridized carbons (Fsp3) is 0.278. The molecule has 1 aliphatic rings. The molecule has 0 fully saturated rings. The quantitative estimate of drug-likeness (QED) is 0.818. The number of fused-ring (bicyclic) bond motifs is 1. The average molecular weight is 395 g/mol. The maximum absolute atomic E-state index is 12.2. The van der Waals surface area contributed by atoms with Crippen molar-refractivity contribution in [1.29, 1.82) is 0 Å². The second kappa shape index (κ2) is 7.37. The van der Waals surface area contributed by atoms with Crippen LogP contribution in [0.3, 0.4) is 0 Å². The number of nitrogens with one attached hydrogen (secondary N) is 1. The smallest absolute Gasteiger partial charge is 0.258 e. The van der Waals surface area contributed by atoms with Crippen molar-refractivity contribution in [2.45, 2.75) is 25.3 Å².